The van der Waals surface area contributed by atoms with Gasteiger partial charge < -0.3 is 14.6 Å². The fraction of sp³-hybridized carbons (Fsp3) is 0.562. The summed E-state index contributed by atoms with van der Waals surface area (Å²) in [5.74, 6) is -0.940. The van der Waals surface area contributed by atoms with E-state index in [0.29, 0.717) is 0 Å². The highest BCUT2D eigenvalue weighted by Gasteiger charge is 2.19. The van der Waals surface area contributed by atoms with Gasteiger partial charge in [0, 0.05) is 26.7 Å². The first kappa shape index (κ1) is 19.4. The van der Waals surface area contributed by atoms with Gasteiger partial charge in [-0.3, -0.25) is 23.5 Å². The molecule has 10 heteroatoms. The van der Waals surface area contributed by atoms with Crippen molar-refractivity contribution >= 4 is 23.0 Å². The van der Waals surface area contributed by atoms with E-state index in [4.69, 9.17) is 4.74 Å². The number of carbonyl (C=O) groups excluding carboxylic acids is 2. The Morgan fingerprint density at radius 1 is 1.19 bits per heavy atom. The van der Waals surface area contributed by atoms with E-state index in [1.165, 1.54) is 36.5 Å². The minimum atomic E-state index is -0.905. The number of fused-ring (bicyclic) bond motifs is 1. The fourth-order valence-electron chi connectivity index (χ4n) is 2.49. The number of hydrogen-bond donors (Lipinski definition) is 1. The van der Waals surface area contributed by atoms with Crippen molar-refractivity contribution in [3.8, 4) is 0 Å². The van der Waals surface area contributed by atoms with Crippen LogP contribution in [0.15, 0.2) is 15.9 Å². The van der Waals surface area contributed by atoms with E-state index in [-0.39, 0.29) is 36.1 Å². The van der Waals surface area contributed by atoms with E-state index in [1.807, 2.05) is 13.8 Å². The summed E-state index contributed by atoms with van der Waals surface area (Å²) in [6, 6.07) is -0.0520. The molecule has 0 aliphatic heterocycles. The quantitative estimate of drug-likeness (QED) is 0.675. The second-order valence-electron chi connectivity index (χ2n) is 6.36. The number of amides is 1. The molecular weight excluding hydrogens is 342 g/mol. The van der Waals surface area contributed by atoms with E-state index in [9.17, 15) is 19.2 Å². The minimum absolute atomic E-state index is 0.0449. The summed E-state index contributed by atoms with van der Waals surface area (Å²) in [6.07, 6.45) is 0.447. The summed E-state index contributed by atoms with van der Waals surface area (Å²) in [6.45, 7) is 5.25. The van der Waals surface area contributed by atoms with E-state index in [1.54, 1.807) is 0 Å². The molecular formula is C16H23N5O5. The highest BCUT2D eigenvalue weighted by molar-refractivity contribution is 5.83. The van der Waals surface area contributed by atoms with Crippen molar-refractivity contribution in [3.63, 3.8) is 0 Å². The molecule has 0 spiro atoms. The fourth-order valence-corrected chi connectivity index (χ4v) is 2.49. The van der Waals surface area contributed by atoms with Gasteiger partial charge in [-0.2, -0.15) is 0 Å². The Balaban J connectivity index is 2.11. The largest absolute Gasteiger partial charge is 0.452 e. The number of aryl methyl sites for hydroxylation is 2. The van der Waals surface area contributed by atoms with Gasteiger partial charge in [-0.05, 0) is 20.8 Å². The first-order valence-corrected chi connectivity index (χ1v) is 8.24. The third-order valence-corrected chi connectivity index (χ3v) is 3.88. The molecule has 1 N–H and O–H groups in total. The van der Waals surface area contributed by atoms with Crippen molar-refractivity contribution in [1.82, 2.24) is 24.0 Å². The van der Waals surface area contributed by atoms with Crippen LogP contribution in [0.2, 0.25) is 0 Å². The third-order valence-electron chi connectivity index (χ3n) is 3.88. The van der Waals surface area contributed by atoms with Crippen molar-refractivity contribution in [3.05, 3.63) is 27.2 Å². The van der Waals surface area contributed by atoms with Gasteiger partial charge in [-0.15, -0.1) is 0 Å². The van der Waals surface area contributed by atoms with Gasteiger partial charge in [0.05, 0.1) is 12.7 Å². The molecule has 0 saturated heterocycles. The lowest BCUT2D eigenvalue weighted by Crippen LogP contribution is -2.39. The summed E-state index contributed by atoms with van der Waals surface area (Å²) >= 11 is 0. The van der Waals surface area contributed by atoms with Gasteiger partial charge in [-0.1, -0.05) is 0 Å². The Kier molecular flexibility index (Phi) is 5.63. The van der Waals surface area contributed by atoms with Crippen LogP contribution in [0.3, 0.4) is 0 Å². The molecule has 2 heterocycles. The second kappa shape index (κ2) is 7.54. The summed E-state index contributed by atoms with van der Waals surface area (Å²) in [4.78, 5) is 52.0. The predicted molar refractivity (Wildman–Crippen MR) is 93.7 cm³/mol. The van der Waals surface area contributed by atoms with E-state index < -0.39 is 23.3 Å². The van der Waals surface area contributed by atoms with Gasteiger partial charge in [0.1, 0.15) is 0 Å². The van der Waals surface area contributed by atoms with Gasteiger partial charge in [-0.25, -0.2) is 9.78 Å². The first-order valence-electron chi connectivity index (χ1n) is 8.24. The molecule has 0 fully saturated rings. The van der Waals surface area contributed by atoms with Crippen LogP contribution in [0.1, 0.15) is 27.2 Å². The molecule has 0 aromatic carbocycles. The van der Waals surface area contributed by atoms with Crippen LogP contribution >= 0.6 is 0 Å². The topological polar surface area (TPSA) is 117 Å². The number of nitrogens with zero attached hydrogens (tertiary/aromatic N) is 4. The number of imidazole rings is 1. The third kappa shape index (κ3) is 3.84. The number of esters is 1. The van der Waals surface area contributed by atoms with Crippen LogP contribution in [0.4, 0.5) is 0 Å². The molecule has 10 nitrogen and oxygen atoms in total. The zero-order valence-electron chi connectivity index (χ0n) is 15.5. The zero-order valence-corrected chi connectivity index (χ0v) is 15.5. The van der Waals surface area contributed by atoms with Crippen molar-refractivity contribution < 1.29 is 14.3 Å². The van der Waals surface area contributed by atoms with Crippen molar-refractivity contribution in [2.75, 3.05) is 0 Å². The molecule has 0 aliphatic rings. The summed E-state index contributed by atoms with van der Waals surface area (Å²) in [5, 5.41) is 2.66. The van der Waals surface area contributed by atoms with Crippen molar-refractivity contribution in [1.29, 1.82) is 0 Å². The normalized spacial score (nSPS) is 12.4. The molecule has 26 heavy (non-hydrogen) atoms. The SMILES string of the molecule is CC(C)NC(=O)C(C)OC(=O)CCn1cnc2c1c(=O)n(C)c(=O)n2C. The van der Waals surface area contributed by atoms with Crippen LogP contribution in [0.25, 0.3) is 11.2 Å². The maximum absolute atomic E-state index is 12.3. The number of ether oxygens (including phenoxy) is 1. The van der Waals surface area contributed by atoms with Gasteiger partial charge in [0.2, 0.25) is 0 Å². The van der Waals surface area contributed by atoms with Crippen LogP contribution in [0, 0.1) is 0 Å². The first-order chi connectivity index (χ1) is 12.1. The maximum atomic E-state index is 12.3. The predicted octanol–water partition coefficient (Wildman–Crippen LogP) is -0.720. The van der Waals surface area contributed by atoms with Crippen LogP contribution in [0.5, 0.6) is 0 Å². The highest BCUT2D eigenvalue weighted by Crippen LogP contribution is 2.07. The monoisotopic (exact) mass is 365 g/mol. The van der Waals surface area contributed by atoms with E-state index in [0.717, 1.165) is 4.57 Å². The molecule has 0 radical (unpaired) electrons. The van der Waals surface area contributed by atoms with E-state index >= 15 is 0 Å². The second-order valence-corrected chi connectivity index (χ2v) is 6.36. The lowest BCUT2D eigenvalue weighted by atomic mass is 10.3. The molecule has 0 aliphatic carbocycles. The highest BCUT2D eigenvalue weighted by atomic mass is 16.5. The molecule has 1 unspecified atom stereocenters. The smallest absolute Gasteiger partial charge is 0.332 e. The Bertz CT molecular complexity index is 952. The zero-order chi connectivity index (χ0) is 19.6. The van der Waals surface area contributed by atoms with Gasteiger partial charge >= 0.3 is 11.7 Å². The number of nitrogens with one attached hydrogen (secondary N) is 1. The molecule has 0 bridgehead atoms. The van der Waals surface area contributed by atoms with Gasteiger partial charge in [0.25, 0.3) is 11.5 Å². The Hall–Kier alpha value is -2.91. The summed E-state index contributed by atoms with van der Waals surface area (Å²) < 4.78 is 8.85. The Morgan fingerprint density at radius 3 is 2.46 bits per heavy atom. The number of rotatable bonds is 6. The van der Waals surface area contributed by atoms with Crippen molar-refractivity contribution in [2.24, 2.45) is 14.1 Å². The lowest BCUT2D eigenvalue weighted by Gasteiger charge is -2.15. The summed E-state index contributed by atoms with van der Waals surface area (Å²) in [5.41, 5.74) is -0.486. The number of aromatic nitrogens is 4. The Morgan fingerprint density at radius 2 is 1.85 bits per heavy atom. The molecule has 2 aromatic rings. The molecule has 1 atom stereocenters. The Labute approximate surface area is 149 Å². The molecule has 1 amide bonds. The average molecular weight is 365 g/mol. The van der Waals surface area contributed by atoms with Crippen molar-refractivity contribution in [2.45, 2.75) is 45.9 Å². The van der Waals surface area contributed by atoms with E-state index in [2.05, 4.69) is 10.3 Å². The molecule has 142 valence electrons. The summed E-state index contributed by atoms with van der Waals surface area (Å²) in [7, 11) is 2.90. The van der Waals surface area contributed by atoms with Crippen LogP contribution < -0.4 is 16.6 Å². The minimum Gasteiger partial charge on any atom is -0.452 e. The maximum Gasteiger partial charge on any atom is 0.332 e. The molecule has 2 rings (SSSR count). The standard InChI is InChI=1S/C16H23N5O5/c1-9(2)18-14(23)10(3)26-11(22)6-7-21-8-17-13-12(21)15(24)20(5)16(25)19(13)4/h8-10H,6-7H2,1-5H3,(H,18,23). The van der Waals surface area contributed by atoms with Crippen LogP contribution in [-0.4, -0.2) is 42.7 Å². The van der Waals surface area contributed by atoms with Gasteiger partial charge in [0.15, 0.2) is 17.3 Å². The number of hydrogen-bond acceptors (Lipinski definition) is 6. The molecule has 2 aromatic heterocycles. The molecule has 0 saturated carbocycles. The lowest BCUT2D eigenvalue weighted by molar-refractivity contribution is -0.155. The van der Waals surface area contributed by atoms with Crippen LogP contribution in [-0.2, 0) is 35.0 Å². The average Bonchev–Trinajstić information content (AvgIpc) is 2.99. The number of carbonyl (C=O) groups is 2.